The molecule has 0 saturated carbocycles. The Labute approximate surface area is 140 Å². The highest BCUT2D eigenvalue weighted by Gasteiger charge is 2.38. The molecule has 4 rings (SSSR count). The van der Waals surface area contributed by atoms with E-state index >= 15 is 0 Å². The van der Waals surface area contributed by atoms with Crippen molar-refractivity contribution < 1.29 is 4.79 Å². The molecular weight excluding hydrogens is 306 g/mol. The quantitative estimate of drug-likeness (QED) is 0.922. The molecule has 0 radical (unpaired) electrons. The van der Waals surface area contributed by atoms with Crippen LogP contribution in [0.4, 0.5) is 0 Å². The van der Waals surface area contributed by atoms with Gasteiger partial charge in [-0.1, -0.05) is 0 Å². The summed E-state index contributed by atoms with van der Waals surface area (Å²) >= 11 is 1.66. The van der Waals surface area contributed by atoms with Crippen LogP contribution in [0, 0.1) is 6.92 Å². The second-order valence-electron chi connectivity index (χ2n) is 6.43. The lowest BCUT2D eigenvalue weighted by Crippen LogP contribution is -2.42. The largest absolute Gasteiger partial charge is 0.331 e. The molecular formula is C18H21N3OS. The van der Waals surface area contributed by atoms with Crippen molar-refractivity contribution in [1.82, 2.24) is 15.2 Å². The molecule has 0 aliphatic carbocycles. The van der Waals surface area contributed by atoms with Crippen molar-refractivity contribution in [2.45, 2.75) is 38.3 Å². The molecule has 4 nitrogen and oxygen atoms in total. The number of aromatic nitrogens is 1. The zero-order chi connectivity index (χ0) is 15.8. The fourth-order valence-corrected chi connectivity index (χ4v) is 4.46. The summed E-state index contributed by atoms with van der Waals surface area (Å²) in [6.45, 7) is 3.88. The van der Waals surface area contributed by atoms with Crippen molar-refractivity contribution in [1.29, 1.82) is 0 Å². The van der Waals surface area contributed by atoms with E-state index in [1.54, 1.807) is 11.3 Å². The van der Waals surface area contributed by atoms with E-state index in [1.165, 1.54) is 0 Å². The Hall–Kier alpha value is -1.72. The van der Waals surface area contributed by atoms with Gasteiger partial charge in [0, 0.05) is 29.6 Å². The Bertz CT molecular complexity index is 699. The van der Waals surface area contributed by atoms with E-state index in [-0.39, 0.29) is 5.91 Å². The minimum atomic E-state index is 0.156. The van der Waals surface area contributed by atoms with Crippen LogP contribution < -0.4 is 5.32 Å². The first-order valence-corrected chi connectivity index (χ1v) is 9.22. The average molecular weight is 327 g/mol. The molecule has 1 N–H and O–H groups in total. The minimum Gasteiger partial charge on any atom is -0.331 e. The van der Waals surface area contributed by atoms with Gasteiger partial charge in [0.15, 0.2) is 0 Å². The third-order valence-electron chi connectivity index (χ3n) is 5.02. The second-order valence-corrected chi connectivity index (χ2v) is 7.21. The Balaban J connectivity index is 1.64. The van der Waals surface area contributed by atoms with Gasteiger partial charge in [0.1, 0.15) is 0 Å². The average Bonchev–Trinajstić information content (AvgIpc) is 3.14. The van der Waals surface area contributed by atoms with E-state index < -0.39 is 0 Å². The summed E-state index contributed by atoms with van der Waals surface area (Å²) in [5.41, 5.74) is 3.65. The van der Waals surface area contributed by atoms with Crippen LogP contribution in [0.3, 0.4) is 0 Å². The van der Waals surface area contributed by atoms with Gasteiger partial charge in [0.05, 0.1) is 17.0 Å². The number of rotatable bonds is 2. The fourth-order valence-electron chi connectivity index (χ4n) is 3.81. The molecule has 23 heavy (non-hydrogen) atoms. The van der Waals surface area contributed by atoms with E-state index in [0.29, 0.717) is 12.1 Å². The lowest BCUT2D eigenvalue weighted by molar-refractivity contribution is 0.0679. The van der Waals surface area contributed by atoms with Crippen molar-refractivity contribution in [2.75, 3.05) is 13.1 Å². The molecule has 2 aromatic heterocycles. The number of nitrogens with zero attached hydrogens (tertiary/aromatic N) is 2. The van der Waals surface area contributed by atoms with E-state index in [4.69, 9.17) is 0 Å². The number of nitrogens with one attached hydrogen (secondary N) is 1. The summed E-state index contributed by atoms with van der Waals surface area (Å²) in [5.74, 6) is 0.156. The van der Waals surface area contributed by atoms with Crippen molar-refractivity contribution >= 4 is 17.2 Å². The molecule has 2 aromatic rings. The van der Waals surface area contributed by atoms with Crippen LogP contribution >= 0.6 is 11.3 Å². The first-order valence-electron chi connectivity index (χ1n) is 8.27. The van der Waals surface area contributed by atoms with Gasteiger partial charge in [-0.15, -0.1) is 0 Å². The number of fused-ring (bicyclic) bond motifs is 2. The van der Waals surface area contributed by atoms with Gasteiger partial charge >= 0.3 is 0 Å². The molecule has 5 heteroatoms. The molecule has 120 valence electrons. The summed E-state index contributed by atoms with van der Waals surface area (Å²) in [6, 6.07) is 6.72. The molecule has 2 atom stereocenters. The Morgan fingerprint density at radius 2 is 2.13 bits per heavy atom. The molecule has 1 amide bonds. The molecule has 0 spiro atoms. The number of carbonyl (C=O) groups is 1. The van der Waals surface area contributed by atoms with Crippen molar-refractivity contribution in [2.24, 2.45) is 0 Å². The van der Waals surface area contributed by atoms with Gasteiger partial charge in [-0.3, -0.25) is 9.78 Å². The third-order valence-corrected chi connectivity index (χ3v) is 5.71. The van der Waals surface area contributed by atoms with Crippen LogP contribution in [0.5, 0.6) is 0 Å². The minimum absolute atomic E-state index is 0.156. The maximum absolute atomic E-state index is 13.1. The molecule has 2 saturated heterocycles. The summed E-state index contributed by atoms with van der Waals surface area (Å²) in [6.07, 6.45) is 3.31. The van der Waals surface area contributed by atoms with E-state index in [9.17, 15) is 4.79 Å². The zero-order valence-corrected chi connectivity index (χ0v) is 14.1. The van der Waals surface area contributed by atoms with Crippen LogP contribution in [0.1, 0.15) is 35.3 Å². The highest BCUT2D eigenvalue weighted by atomic mass is 32.1. The van der Waals surface area contributed by atoms with Crippen molar-refractivity contribution in [3.05, 3.63) is 40.2 Å². The van der Waals surface area contributed by atoms with Crippen LogP contribution in [0.2, 0.25) is 0 Å². The highest BCUT2D eigenvalue weighted by Crippen LogP contribution is 2.30. The maximum Gasteiger partial charge on any atom is 0.256 e. The Morgan fingerprint density at radius 3 is 2.91 bits per heavy atom. The topological polar surface area (TPSA) is 45.2 Å². The highest BCUT2D eigenvalue weighted by molar-refractivity contribution is 7.08. The number of pyridine rings is 1. The molecule has 2 bridgehead atoms. The molecule has 2 aliphatic heterocycles. The van der Waals surface area contributed by atoms with Crippen LogP contribution in [-0.2, 0) is 0 Å². The molecule has 4 heterocycles. The molecule has 2 aliphatic rings. The zero-order valence-electron chi connectivity index (χ0n) is 13.3. The Morgan fingerprint density at radius 1 is 1.26 bits per heavy atom. The summed E-state index contributed by atoms with van der Waals surface area (Å²) in [7, 11) is 0. The molecule has 2 fully saturated rings. The van der Waals surface area contributed by atoms with E-state index in [2.05, 4.69) is 26.6 Å². The Kier molecular flexibility index (Phi) is 3.91. The van der Waals surface area contributed by atoms with Gasteiger partial charge < -0.3 is 10.2 Å². The number of amides is 1. The van der Waals surface area contributed by atoms with Gasteiger partial charge in [-0.2, -0.15) is 11.3 Å². The van der Waals surface area contributed by atoms with E-state index in [1.807, 2.05) is 24.4 Å². The first kappa shape index (κ1) is 14.8. The number of aryl methyl sites for hydroxylation is 1. The summed E-state index contributed by atoms with van der Waals surface area (Å²) in [5, 5.41) is 7.59. The smallest absolute Gasteiger partial charge is 0.256 e. The van der Waals surface area contributed by atoms with Crippen LogP contribution in [0.15, 0.2) is 29.0 Å². The SMILES string of the molecule is Cc1nc(-c2ccsc2)ccc1C(=O)N1C2CCNCC1CC2. The lowest BCUT2D eigenvalue weighted by Gasteiger charge is -2.28. The summed E-state index contributed by atoms with van der Waals surface area (Å²) < 4.78 is 0. The van der Waals surface area contributed by atoms with Gasteiger partial charge in [-0.25, -0.2) is 0 Å². The van der Waals surface area contributed by atoms with Gasteiger partial charge in [-0.05, 0) is 56.3 Å². The normalized spacial score (nSPS) is 23.8. The van der Waals surface area contributed by atoms with Crippen LogP contribution in [0.25, 0.3) is 11.3 Å². The predicted molar refractivity (Wildman–Crippen MR) is 92.8 cm³/mol. The van der Waals surface area contributed by atoms with Gasteiger partial charge in [0.25, 0.3) is 5.91 Å². The third kappa shape index (κ3) is 2.68. The standard InChI is InChI=1S/C18H21N3OS/c1-12-16(4-5-17(20-12)13-7-9-23-11-13)18(22)21-14-2-3-15(21)10-19-8-6-14/h4-5,7,9,11,14-15,19H,2-3,6,8,10H2,1H3. The van der Waals surface area contributed by atoms with Gasteiger partial charge in [0.2, 0.25) is 0 Å². The number of hydrogen-bond acceptors (Lipinski definition) is 4. The van der Waals surface area contributed by atoms with Crippen LogP contribution in [-0.4, -0.2) is 41.0 Å². The summed E-state index contributed by atoms with van der Waals surface area (Å²) in [4.78, 5) is 19.9. The fraction of sp³-hybridized carbons (Fsp3) is 0.444. The second kappa shape index (κ2) is 6.06. The number of hydrogen-bond donors (Lipinski definition) is 1. The van der Waals surface area contributed by atoms with Crippen molar-refractivity contribution in [3.8, 4) is 11.3 Å². The number of thiophene rings is 1. The predicted octanol–water partition coefficient (Wildman–Crippen LogP) is 3.09. The molecule has 2 unspecified atom stereocenters. The lowest BCUT2D eigenvalue weighted by atomic mass is 10.1. The van der Waals surface area contributed by atoms with Crippen molar-refractivity contribution in [3.63, 3.8) is 0 Å². The number of carbonyl (C=O) groups excluding carboxylic acids is 1. The first-order chi connectivity index (χ1) is 11.2. The maximum atomic E-state index is 13.1. The molecule has 0 aromatic carbocycles. The monoisotopic (exact) mass is 327 g/mol. The van der Waals surface area contributed by atoms with E-state index in [0.717, 1.165) is 54.9 Å².